The lowest BCUT2D eigenvalue weighted by molar-refractivity contribution is 0.465. The van der Waals surface area contributed by atoms with Crippen LogP contribution in [0.25, 0.3) is 10.1 Å². The molecule has 1 aromatic carbocycles. The van der Waals surface area contributed by atoms with Crippen molar-refractivity contribution in [2.24, 2.45) is 0 Å². The molecule has 0 radical (unpaired) electrons. The first-order valence-electron chi connectivity index (χ1n) is 3.67. The van der Waals surface area contributed by atoms with Crippen molar-refractivity contribution in [1.82, 2.24) is 0 Å². The van der Waals surface area contributed by atoms with Gasteiger partial charge in [-0.15, -0.1) is 11.3 Å². The third-order valence-corrected chi connectivity index (χ3v) is 3.33. The van der Waals surface area contributed by atoms with Gasteiger partial charge in [-0.3, -0.25) is 0 Å². The Morgan fingerprint density at radius 3 is 3.00 bits per heavy atom. The second kappa shape index (κ2) is 3.27. The Balaban J connectivity index is 2.85. The minimum Gasteiger partial charge on any atom is -0.507 e. The van der Waals surface area contributed by atoms with Crippen molar-refractivity contribution >= 4 is 37.4 Å². The molecular weight excluding hydrogens is 255 g/mol. The number of hydrogen-bond acceptors (Lipinski definition) is 2. The summed E-state index contributed by atoms with van der Waals surface area (Å²) in [5.41, 5.74) is 0.325. The topological polar surface area (TPSA) is 20.2 Å². The average Bonchev–Trinajstić information content (AvgIpc) is 2.53. The van der Waals surface area contributed by atoms with Crippen LogP contribution in [0.3, 0.4) is 0 Å². The van der Waals surface area contributed by atoms with E-state index in [0.717, 1.165) is 4.70 Å². The van der Waals surface area contributed by atoms with Crippen LogP contribution in [0.1, 0.15) is 5.56 Å². The van der Waals surface area contributed by atoms with Gasteiger partial charge in [0.25, 0.3) is 0 Å². The number of phenolic OH excluding ortho intramolecular Hbond substituents is 1. The van der Waals surface area contributed by atoms with E-state index in [2.05, 4.69) is 15.9 Å². The molecule has 0 amide bonds. The van der Waals surface area contributed by atoms with Gasteiger partial charge in [0.15, 0.2) is 0 Å². The molecule has 1 aromatic heterocycles. The zero-order valence-electron chi connectivity index (χ0n) is 6.55. The molecule has 2 rings (SSSR count). The summed E-state index contributed by atoms with van der Waals surface area (Å²) in [6, 6.07) is 3.32. The molecule has 0 aliphatic carbocycles. The molecule has 4 heteroatoms. The summed E-state index contributed by atoms with van der Waals surface area (Å²) in [6.45, 7) is 0. The number of aromatic hydroxyl groups is 1. The Kier molecular flexibility index (Phi) is 2.26. The van der Waals surface area contributed by atoms with Gasteiger partial charge in [-0.1, -0.05) is 15.9 Å². The first-order valence-corrected chi connectivity index (χ1v) is 5.67. The highest BCUT2D eigenvalue weighted by atomic mass is 79.9. The van der Waals surface area contributed by atoms with Crippen LogP contribution < -0.4 is 0 Å². The van der Waals surface area contributed by atoms with E-state index in [1.54, 1.807) is 12.1 Å². The minimum absolute atomic E-state index is 0.0179. The second-order valence-electron chi connectivity index (χ2n) is 2.65. The number of alkyl halides is 1. The number of thiophene rings is 1. The van der Waals surface area contributed by atoms with Gasteiger partial charge in [0.1, 0.15) is 11.6 Å². The molecule has 0 fully saturated rings. The van der Waals surface area contributed by atoms with Gasteiger partial charge < -0.3 is 5.11 Å². The average molecular weight is 261 g/mol. The van der Waals surface area contributed by atoms with E-state index in [1.165, 1.54) is 11.3 Å². The van der Waals surface area contributed by atoms with Crippen LogP contribution in [0, 0.1) is 5.82 Å². The minimum atomic E-state index is -0.326. The van der Waals surface area contributed by atoms with Crippen molar-refractivity contribution in [1.29, 1.82) is 0 Å². The summed E-state index contributed by atoms with van der Waals surface area (Å²) in [6.07, 6.45) is 0. The van der Waals surface area contributed by atoms with Gasteiger partial charge >= 0.3 is 0 Å². The van der Waals surface area contributed by atoms with E-state index < -0.39 is 0 Å². The maximum Gasteiger partial charge on any atom is 0.139 e. The van der Waals surface area contributed by atoms with E-state index in [-0.39, 0.29) is 11.6 Å². The van der Waals surface area contributed by atoms with Crippen molar-refractivity contribution in [3.63, 3.8) is 0 Å². The van der Waals surface area contributed by atoms with Gasteiger partial charge in [0.2, 0.25) is 0 Å². The molecule has 0 saturated carbocycles. The zero-order chi connectivity index (χ0) is 9.42. The lowest BCUT2D eigenvalue weighted by Gasteiger charge is -2.03. The molecular formula is C9H6BrFOS. The number of phenols is 1. The highest BCUT2D eigenvalue weighted by Crippen LogP contribution is 2.33. The number of hydrogen-bond donors (Lipinski definition) is 1. The summed E-state index contributed by atoms with van der Waals surface area (Å²) in [7, 11) is 0. The normalized spacial score (nSPS) is 10.9. The SMILES string of the molecule is Oc1cc2sccc2c(F)c1CBr. The molecule has 1 heterocycles. The van der Waals surface area contributed by atoms with Crippen LogP contribution in [0.5, 0.6) is 5.75 Å². The smallest absolute Gasteiger partial charge is 0.139 e. The Hall–Kier alpha value is -0.610. The molecule has 2 aromatic rings. The highest BCUT2D eigenvalue weighted by Gasteiger charge is 2.12. The van der Waals surface area contributed by atoms with E-state index in [4.69, 9.17) is 0 Å². The molecule has 0 aliphatic rings. The highest BCUT2D eigenvalue weighted by molar-refractivity contribution is 9.08. The number of rotatable bonds is 1. The van der Waals surface area contributed by atoms with Crippen LogP contribution in [0.4, 0.5) is 4.39 Å². The van der Waals surface area contributed by atoms with Crippen molar-refractivity contribution < 1.29 is 9.50 Å². The van der Waals surface area contributed by atoms with Gasteiger partial charge in [-0.25, -0.2) is 4.39 Å². The predicted octanol–water partition coefficient (Wildman–Crippen LogP) is 3.64. The van der Waals surface area contributed by atoms with Crippen molar-refractivity contribution in [3.05, 3.63) is 28.9 Å². The summed E-state index contributed by atoms with van der Waals surface area (Å²) in [5, 5.41) is 12.2. The Labute approximate surface area is 86.9 Å². The second-order valence-corrected chi connectivity index (χ2v) is 4.16. The van der Waals surface area contributed by atoms with Gasteiger partial charge in [0.05, 0.1) is 0 Å². The Bertz CT molecular complexity index is 452. The lowest BCUT2D eigenvalue weighted by Crippen LogP contribution is -1.86. The summed E-state index contributed by atoms with van der Waals surface area (Å²) in [4.78, 5) is 0. The largest absolute Gasteiger partial charge is 0.507 e. The van der Waals surface area contributed by atoms with E-state index >= 15 is 0 Å². The van der Waals surface area contributed by atoms with Gasteiger partial charge in [-0.05, 0) is 17.5 Å². The third kappa shape index (κ3) is 1.34. The molecule has 68 valence electrons. The molecule has 0 unspecified atom stereocenters. The fourth-order valence-corrected chi connectivity index (χ4v) is 2.58. The third-order valence-electron chi connectivity index (χ3n) is 1.91. The summed E-state index contributed by atoms with van der Waals surface area (Å²) < 4.78 is 14.4. The molecule has 0 aliphatic heterocycles. The van der Waals surface area contributed by atoms with Gasteiger partial charge in [0, 0.05) is 21.0 Å². The Morgan fingerprint density at radius 2 is 2.31 bits per heavy atom. The maximum atomic E-state index is 13.6. The van der Waals surface area contributed by atoms with Crippen molar-refractivity contribution in [2.75, 3.05) is 0 Å². The van der Waals surface area contributed by atoms with Crippen LogP contribution in [0.15, 0.2) is 17.5 Å². The fourth-order valence-electron chi connectivity index (χ4n) is 1.23. The van der Waals surface area contributed by atoms with E-state index in [0.29, 0.717) is 16.3 Å². The number of benzene rings is 1. The molecule has 1 N–H and O–H groups in total. The molecule has 1 nitrogen and oxygen atoms in total. The molecule has 0 saturated heterocycles. The van der Waals surface area contributed by atoms with Gasteiger partial charge in [-0.2, -0.15) is 0 Å². The maximum absolute atomic E-state index is 13.6. The quantitative estimate of drug-likeness (QED) is 0.777. The van der Waals surface area contributed by atoms with E-state index in [1.807, 2.05) is 5.38 Å². The number of halogens is 2. The standard InChI is InChI=1S/C9H6BrFOS/c10-4-6-7(12)3-8-5(9(6)11)1-2-13-8/h1-3,12H,4H2. The predicted molar refractivity (Wildman–Crippen MR) is 56.1 cm³/mol. The molecule has 0 atom stereocenters. The van der Waals surface area contributed by atoms with Crippen molar-refractivity contribution in [3.8, 4) is 5.75 Å². The monoisotopic (exact) mass is 260 g/mol. The lowest BCUT2D eigenvalue weighted by atomic mass is 10.1. The van der Waals surface area contributed by atoms with Crippen LogP contribution in [-0.2, 0) is 5.33 Å². The van der Waals surface area contributed by atoms with E-state index in [9.17, 15) is 9.50 Å². The Morgan fingerprint density at radius 1 is 1.54 bits per heavy atom. The molecule has 0 bridgehead atoms. The zero-order valence-corrected chi connectivity index (χ0v) is 8.95. The van der Waals surface area contributed by atoms with Crippen LogP contribution in [-0.4, -0.2) is 5.11 Å². The number of fused-ring (bicyclic) bond motifs is 1. The molecule has 13 heavy (non-hydrogen) atoms. The fraction of sp³-hybridized carbons (Fsp3) is 0.111. The molecule has 0 spiro atoms. The van der Waals surface area contributed by atoms with Crippen molar-refractivity contribution in [2.45, 2.75) is 5.33 Å². The van der Waals surface area contributed by atoms with Crippen LogP contribution >= 0.6 is 27.3 Å². The summed E-state index contributed by atoms with van der Waals surface area (Å²) >= 11 is 4.56. The summed E-state index contributed by atoms with van der Waals surface area (Å²) in [5.74, 6) is -0.308. The van der Waals surface area contributed by atoms with Crippen LogP contribution in [0.2, 0.25) is 0 Å². The first-order chi connectivity index (χ1) is 6.24. The first kappa shape index (κ1) is 8.97.